The molecule has 23 heavy (non-hydrogen) atoms. The van der Waals surface area contributed by atoms with E-state index >= 15 is 0 Å². The molecule has 1 rings (SSSR count). The summed E-state index contributed by atoms with van der Waals surface area (Å²) >= 11 is 4.56. The third kappa shape index (κ3) is 7.58. The molecule has 1 heterocycles. The number of rotatable bonds is 9. The molecule has 0 saturated heterocycles. The highest BCUT2D eigenvalue weighted by Gasteiger charge is 2.15. The van der Waals surface area contributed by atoms with Gasteiger partial charge in [0.1, 0.15) is 0 Å². The average molecular weight is 406 g/mol. The fourth-order valence-electron chi connectivity index (χ4n) is 1.62. The number of hydrogen-bond acceptors (Lipinski definition) is 5. The van der Waals surface area contributed by atoms with Crippen molar-refractivity contribution in [2.45, 2.75) is 6.42 Å². The second-order valence-electron chi connectivity index (χ2n) is 4.73. The van der Waals surface area contributed by atoms with Crippen molar-refractivity contribution in [2.24, 2.45) is 0 Å². The van der Waals surface area contributed by atoms with Gasteiger partial charge in [-0.1, -0.05) is 0 Å². The van der Waals surface area contributed by atoms with Crippen LogP contribution in [0.4, 0.5) is 0 Å². The molecule has 0 aromatic carbocycles. The largest absolute Gasteiger partial charge is 0.385 e. The van der Waals surface area contributed by atoms with E-state index in [4.69, 9.17) is 4.74 Å². The summed E-state index contributed by atoms with van der Waals surface area (Å²) in [4.78, 5) is 37.2. The molecule has 0 fully saturated rings. The van der Waals surface area contributed by atoms with Crippen molar-refractivity contribution >= 4 is 45.0 Å². The lowest BCUT2D eigenvalue weighted by molar-refractivity contribution is -0.133. The number of thiophene rings is 1. The highest BCUT2D eigenvalue weighted by Crippen LogP contribution is 2.21. The minimum atomic E-state index is -0.332. The molecule has 0 aliphatic heterocycles. The molecule has 0 saturated carbocycles. The van der Waals surface area contributed by atoms with E-state index in [1.807, 2.05) is 0 Å². The van der Waals surface area contributed by atoms with Crippen molar-refractivity contribution in [1.82, 2.24) is 15.5 Å². The molecular formula is C14H20BrN3O4S. The maximum Gasteiger partial charge on any atom is 0.261 e. The molecule has 1 aromatic heterocycles. The number of nitrogens with one attached hydrogen (secondary N) is 2. The third-order valence-corrected chi connectivity index (χ3v) is 4.47. The Labute approximate surface area is 147 Å². The monoisotopic (exact) mass is 405 g/mol. The highest BCUT2D eigenvalue weighted by molar-refractivity contribution is 9.11. The van der Waals surface area contributed by atoms with Gasteiger partial charge in [0.15, 0.2) is 0 Å². The molecule has 0 aliphatic carbocycles. The van der Waals surface area contributed by atoms with E-state index in [1.54, 1.807) is 19.2 Å². The summed E-state index contributed by atoms with van der Waals surface area (Å²) in [5.74, 6) is -0.891. The van der Waals surface area contributed by atoms with Crippen LogP contribution in [-0.4, -0.2) is 63.0 Å². The Morgan fingerprint density at radius 1 is 1.30 bits per heavy atom. The van der Waals surface area contributed by atoms with Gasteiger partial charge in [-0.25, -0.2) is 0 Å². The SMILES string of the molecule is COCCCNC(=O)CN(C)C(=O)CNC(=O)c1ccc(Br)s1. The molecule has 128 valence electrons. The van der Waals surface area contributed by atoms with Gasteiger partial charge in [0, 0.05) is 27.3 Å². The molecule has 0 aliphatic rings. The number of carbonyl (C=O) groups excluding carboxylic acids is 3. The molecule has 0 unspecified atom stereocenters. The summed E-state index contributed by atoms with van der Waals surface area (Å²) in [7, 11) is 3.11. The maximum absolute atomic E-state index is 11.9. The zero-order valence-corrected chi connectivity index (χ0v) is 15.5. The summed E-state index contributed by atoms with van der Waals surface area (Å²) in [6.45, 7) is 0.868. The Bertz CT molecular complexity index is 550. The van der Waals surface area contributed by atoms with Crippen LogP contribution in [0.15, 0.2) is 15.9 Å². The Morgan fingerprint density at radius 2 is 2.04 bits per heavy atom. The molecule has 0 spiro atoms. The molecule has 7 nitrogen and oxygen atoms in total. The minimum Gasteiger partial charge on any atom is -0.385 e. The zero-order chi connectivity index (χ0) is 17.2. The third-order valence-electron chi connectivity index (χ3n) is 2.85. The van der Waals surface area contributed by atoms with Crippen molar-refractivity contribution in [3.63, 3.8) is 0 Å². The lowest BCUT2D eigenvalue weighted by Gasteiger charge is -2.17. The van der Waals surface area contributed by atoms with Gasteiger partial charge >= 0.3 is 0 Å². The van der Waals surface area contributed by atoms with Crippen molar-refractivity contribution in [1.29, 1.82) is 0 Å². The van der Waals surface area contributed by atoms with Gasteiger partial charge < -0.3 is 20.3 Å². The van der Waals surface area contributed by atoms with Crippen LogP contribution in [0, 0.1) is 0 Å². The Morgan fingerprint density at radius 3 is 2.65 bits per heavy atom. The standard InChI is InChI=1S/C14H20BrN3O4S/c1-18(9-12(19)16-6-3-7-22-2)13(20)8-17-14(21)10-4-5-11(15)23-10/h4-5H,3,6-9H2,1-2H3,(H,16,19)(H,17,21). The fourth-order valence-corrected chi connectivity index (χ4v) is 2.92. The van der Waals surface area contributed by atoms with E-state index in [1.165, 1.54) is 23.3 Å². The van der Waals surface area contributed by atoms with Gasteiger partial charge in [-0.15, -0.1) is 11.3 Å². The number of ether oxygens (including phenoxy) is 1. The number of carbonyl (C=O) groups is 3. The smallest absolute Gasteiger partial charge is 0.261 e. The van der Waals surface area contributed by atoms with E-state index in [-0.39, 0.29) is 30.8 Å². The van der Waals surface area contributed by atoms with Gasteiger partial charge in [0.05, 0.1) is 21.8 Å². The van der Waals surface area contributed by atoms with E-state index in [2.05, 4.69) is 26.6 Å². The van der Waals surface area contributed by atoms with Crippen LogP contribution in [-0.2, 0) is 14.3 Å². The van der Waals surface area contributed by atoms with E-state index in [9.17, 15) is 14.4 Å². The first-order valence-electron chi connectivity index (χ1n) is 6.97. The summed E-state index contributed by atoms with van der Waals surface area (Å²) in [6, 6.07) is 3.44. The van der Waals surface area contributed by atoms with Crippen LogP contribution in [0.1, 0.15) is 16.1 Å². The maximum atomic E-state index is 11.9. The first-order chi connectivity index (χ1) is 10.9. The summed E-state index contributed by atoms with van der Waals surface area (Å²) < 4.78 is 5.72. The fraction of sp³-hybridized carbons (Fsp3) is 0.500. The Kier molecular flexibility index (Phi) is 8.82. The van der Waals surface area contributed by atoms with E-state index < -0.39 is 0 Å². The minimum absolute atomic E-state index is 0.0494. The lowest BCUT2D eigenvalue weighted by atomic mass is 10.4. The summed E-state index contributed by atoms with van der Waals surface area (Å²) in [6.07, 6.45) is 0.715. The second kappa shape index (κ2) is 10.3. The van der Waals surface area contributed by atoms with Crippen molar-refractivity contribution in [3.8, 4) is 0 Å². The van der Waals surface area contributed by atoms with Crippen molar-refractivity contribution < 1.29 is 19.1 Å². The van der Waals surface area contributed by atoms with Gasteiger partial charge in [-0.2, -0.15) is 0 Å². The first-order valence-corrected chi connectivity index (χ1v) is 8.58. The molecular weight excluding hydrogens is 386 g/mol. The number of likely N-dealkylation sites (N-methyl/N-ethyl adjacent to an activating group) is 1. The van der Waals surface area contributed by atoms with E-state index in [0.29, 0.717) is 24.4 Å². The van der Waals surface area contributed by atoms with Gasteiger partial charge in [-0.3, -0.25) is 14.4 Å². The lowest BCUT2D eigenvalue weighted by Crippen LogP contribution is -2.43. The number of hydrogen-bond donors (Lipinski definition) is 2. The molecule has 0 atom stereocenters. The normalized spacial score (nSPS) is 10.2. The quantitative estimate of drug-likeness (QED) is 0.596. The Hall–Kier alpha value is -1.45. The van der Waals surface area contributed by atoms with Crippen molar-refractivity contribution in [3.05, 3.63) is 20.8 Å². The van der Waals surface area contributed by atoms with Gasteiger partial charge in [0.2, 0.25) is 11.8 Å². The molecule has 0 radical (unpaired) electrons. The summed E-state index contributed by atoms with van der Waals surface area (Å²) in [5.41, 5.74) is 0. The van der Waals surface area contributed by atoms with Gasteiger partial charge in [-0.05, 0) is 34.5 Å². The molecule has 2 N–H and O–H groups in total. The summed E-state index contributed by atoms with van der Waals surface area (Å²) in [5, 5.41) is 5.23. The zero-order valence-electron chi connectivity index (χ0n) is 13.1. The number of nitrogens with zero attached hydrogens (tertiary/aromatic N) is 1. The average Bonchev–Trinajstić information content (AvgIpc) is 2.95. The first kappa shape index (κ1) is 19.6. The molecule has 9 heteroatoms. The number of methoxy groups -OCH3 is 1. The van der Waals surface area contributed by atoms with Crippen LogP contribution >= 0.6 is 27.3 Å². The topological polar surface area (TPSA) is 87.7 Å². The van der Waals surface area contributed by atoms with Crippen LogP contribution in [0.3, 0.4) is 0 Å². The predicted octanol–water partition coefficient (Wildman–Crippen LogP) is 0.852. The van der Waals surface area contributed by atoms with Crippen LogP contribution in [0.2, 0.25) is 0 Å². The molecule has 3 amide bonds. The Balaban J connectivity index is 2.28. The second-order valence-corrected chi connectivity index (χ2v) is 7.20. The molecule has 0 bridgehead atoms. The van der Waals surface area contributed by atoms with E-state index in [0.717, 1.165) is 3.79 Å². The van der Waals surface area contributed by atoms with Crippen LogP contribution < -0.4 is 10.6 Å². The number of halogens is 1. The van der Waals surface area contributed by atoms with Crippen molar-refractivity contribution in [2.75, 3.05) is 40.4 Å². The van der Waals surface area contributed by atoms with Gasteiger partial charge in [0.25, 0.3) is 5.91 Å². The highest BCUT2D eigenvalue weighted by atomic mass is 79.9. The predicted molar refractivity (Wildman–Crippen MR) is 91.5 cm³/mol. The van der Waals surface area contributed by atoms with Crippen LogP contribution in [0.25, 0.3) is 0 Å². The van der Waals surface area contributed by atoms with Crippen LogP contribution in [0.5, 0.6) is 0 Å². The molecule has 1 aromatic rings. The number of amides is 3.